The number of hydrogen-bond donors (Lipinski definition) is 4. The van der Waals surface area contributed by atoms with Crippen LogP contribution in [0.1, 0.15) is 16.8 Å². The number of fused-ring (bicyclic) bond motifs is 1. The third kappa shape index (κ3) is 6.67. The lowest BCUT2D eigenvalue weighted by Gasteiger charge is -2.39. The first kappa shape index (κ1) is 33.2. The normalized spacial score (nSPS) is 27.2. The minimum absolute atomic E-state index is 0.0379. The standard InChI is InChI=1S/C34H37F3N6O6/c35-34(36,37)49-23-6-4-22(5-7-23)41-26-17-25(39-19-40-26)20-2-1-3-21(16-20)31(46)43-11-9-42(10-12-43)13-15-48-14-8-38-32(47)33-18-24-27(33)28(33)30(45)29(24)44/h1-7,16-17,19,24,27-30,44-45H,8-15,18H2,(H,38,47)(H,39,40,41)/t24-,27?,28+,29+,30-,33+/m1/s1. The fraction of sp³-hybridized carbons (Fsp3) is 0.471. The Bertz CT molecular complexity index is 1690. The van der Waals surface area contributed by atoms with E-state index in [0.29, 0.717) is 87.2 Å². The summed E-state index contributed by atoms with van der Waals surface area (Å²) in [5.74, 6) is 0.0511. The van der Waals surface area contributed by atoms with Gasteiger partial charge in [0, 0.05) is 68.1 Å². The Balaban J connectivity index is 0.831. The minimum atomic E-state index is -4.77. The molecule has 3 aromatic rings. The maximum atomic E-state index is 13.4. The molecule has 3 aliphatic carbocycles. The molecule has 2 amide bonds. The average molecular weight is 683 g/mol. The van der Waals surface area contributed by atoms with E-state index >= 15 is 0 Å². The Labute approximate surface area is 280 Å². The Morgan fingerprint density at radius 3 is 2.45 bits per heavy atom. The first-order chi connectivity index (χ1) is 23.5. The molecule has 1 saturated heterocycles. The molecule has 0 spiro atoms. The molecule has 12 nitrogen and oxygen atoms in total. The summed E-state index contributed by atoms with van der Waals surface area (Å²) >= 11 is 0. The van der Waals surface area contributed by atoms with Crippen molar-refractivity contribution in [1.82, 2.24) is 25.1 Å². The van der Waals surface area contributed by atoms with Gasteiger partial charge in [-0.15, -0.1) is 13.2 Å². The van der Waals surface area contributed by atoms with E-state index in [2.05, 4.69) is 30.2 Å². The number of halogens is 3. The van der Waals surface area contributed by atoms with Gasteiger partial charge in [-0.2, -0.15) is 0 Å². The molecule has 260 valence electrons. The maximum absolute atomic E-state index is 13.4. The Hall–Kier alpha value is -4.31. The zero-order valence-corrected chi connectivity index (χ0v) is 26.5. The van der Waals surface area contributed by atoms with Gasteiger partial charge in [-0.05, 0) is 54.7 Å². The van der Waals surface area contributed by atoms with E-state index in [1.165, 1.54) is 30.6 Å². The van der Waals surface area contributed by atoms with E-state index in [1.54, 1.807) is 24.3 Å². The molecule has 1 unspecified atom stereocenters. The predicted molar refractivity (Wildman–Crippen MR) is 170 cm³/mol. The number of hydrogen-bond acceptors (Lipinski definition) is 10. The van der Waals surface area contributed by atoms with Crippen LogP contribution in [0.2, 0.25) is 0 Å². The SMILES string of the molecule is O=C(c1cccc(-c2cc(Nc3ccc(OC(F)(F)F)cc3)ncn2)c1)N1CCN(CCOCCNC(=O)[C@@]23C[C@@H]4C2[C@H]3[C@@H](O)[C@H]4O)CC1. The van der Waals surface area contributed by atoms with Crippen molar-refractivity contribution in [2.75, 3.05) is 57.8 Å². The average Bonchev–Trinajstić information content (AvgIpc) is 3.55. The van der Waals surface area contributed by atoms with E-state index in [4.69, 9.17) is 4.74 Å². The molecule has 0 radical (unpaired) electrons. The first-order valence-corrected chi connectivity index (χ1v) is 16.3. The van der Waals surface area contributed by atoms with Crippen LogP contribution in [0.15, 0.2) is 60.9 Å². The fourth-order valence-electron chi connectivity index (χ4n) is 7.83. The topological polar surface area (TPSA) is 149 Å². The molecule has 2 heterocycles. The molecular formula is C34H37F3N6O6. The van der Waals surface area contributed by atoms with Gasteiger partial charge in [0.2, 0.25) is 5.91 Å². The molecule has 4 fully saturated rings. The summed E-state index contributed by atoms with van der Waals surface area (Å²) in [5.41, 5.74) is 1.85. The number of aromatic nitrogens is 2. The van der Waals surface area contributed by atoms with Gasteiger partial charge >= 0.3 is 6.36 Å². The number of aliphatic hydroxyl groups is 2. The van der Waals surface area contributed by atoms with Crippen LogP contribution < -0.4 is 15.4 Å². The zero-order chi connectivity index (χ0) is 34.3. The summed E-state index contributed by atoms with van der Waals surface area (Å²) < 4.78 is 47.0. The molecule has 7 rings (SSSR count). The van der Waals surface area contributed by atoms with Gasteiger partial charge < -0.3 is 35.2 Å². The molecule has 2 aromatic carbocycles. The van der Waals surface area contributed by atoms with Gasteiger partial charge in [-0.25, -0.2) is 9.97 Å². The third-order valence-corrected chi connectivity index (χ3v) is 10.3. The lowest BCUT2D eigenvalue weighted by molar-refractivity contribution is -0.274. The number of alkyl halides is 3. The summed E-state index contributed by atoms with van der Waals surface area (Å²) in [4.78, 5) is 38.6. The summed E-state index contributed by atoms with van der Waals surface area (Å²) in [7, 11) is 0. The van der Waals surface area contributed by atoms with Crippen LogP contribution in [0.5, 0.6) is 5.75 Å². The summed E-state index contributed by atoms with van der Waals surface area (Å²) in [6.45, 7) is 4.54. The van der Waals surface area contributed by atoms with Gasteiger partial charge in [0.15, 0.2) is 0 Å². The number of nitrogens with one attached hydrogen (secondary N) is 2. The van der Waals surface area contributed by atoms with Crippen molar-refractivity contribution in [2.24, 2.45) is 23.2 Å². The number of aliphatic hydroxyl groups excluding tert-OH is 2. The number of carbonyl (C=O) groups is 2. The monoisotopic (exact) mass is 682 g/mol. The zero-order valence-electron chi connectivity index (χ0n) is 26.5. The smallest absolute Gasteiger partial charge is 0.406 e. The second-order valence-electron chi connectivity index (χ2n) is 13.0. The molecule has 4 N–H and O–H groups in total. The lowest BCUT2D eigenvalue weighted by atomic mass is 9.68. The number of nitrogens with zero attached hydrogens (tertiary/aromatic N) is 4. The van der Waals surface area contributed by atoms with Crippen molar-refractivity contribution in [3.63, 3.8) is 0 Å². The van der Waals surface area contributed by atoms with Crippen molar-refractivity contribution in [1.29, 1.82) is 0 Å². The van der Waals surface area contributed by atoms with Crippen molar-refractivity contribution >= 4 is 23.3 Å². The van der Waals surface area contributed by atoms with Gasteiger partial charge in [0.25, 0.3) is 5.91 Å². The van der Waals surface area contributed by atoms with Gasteiger partial charge in [0.1, 0.15) is 17.9 Å². The molecule has 0 bridgehead atoms. The van der Waals surface area contributed by atoms with E-state index in [9.17, 15) is 33.0 Å². The Morgan fingerprint density at radius 1 is 0.959 bits per heavy atom. The second kappa shape index (κ2) is 13.2. The van der Waals surface area contributed by atoms with Crippen LogP contribution in [0.4, 0.5) is 24.7 Å². The Kier molecular flexibility index (Phi) is 8.94. The highest BCUT2D eigenvalue weighted by Gasteiger charge is 2.86. The lowest BCUT2D eigenvalue weighted by Crippen LogP contribution is -2.51. The second-order valence-corrected chi connectivity index (χ2v) is 13.0. The highest BCUT2D eigenvalue weighted by Crippen LogP contribution is 2.81. The number of piperazine rings is 1. The van der Waals surface area contributed by atoms with Crippen LogP contribution >= 0.6 is 0 Å². The van der Waals surface area contributed by atoms with Gasteiger partial charge in [-0.1, -0.05) is 12.1 Å². The van der Waals surface area contributed by atoms with Gasteiger partial charge in [0.05, 0.1) is 36.5 Å². The Morgan fingerprint density at radius 2 is 1.73 bits per heavy atom. The molecule has 4 aliphatic rings. The molecule has 49 heavy (non-hydrogen) atoms. The molecule has 6 atom stereocenters. The van der Waals surface area contributed by atoms with Crippen LogP contribution in [-0.2, 0) is 9.53 Å². The number of ether oxygens (including phenoxy) is 2. The van der Waals surface area contributed by atoms with Crippen molar-refractivity contribution in [2.45, 2.75) is 25.0 Å². The van der Waals surface area contributed by atoms with E-state index < -0.39 is 24.0 Å². The van der Waals surface area contributed by atoms with Crippen molar-refractivity contribution < 1.29 is 42.4 Å². The van der Waals surface area contributed by atoms with Crippen molar-refractivity contribution in [3.05, 3.63) is 66.5 Å². The van der Waals surface area contributed by atoms with E-state index in [-0.39, 0.29) is 35.3 Å². The predicted octanol–water partition coefficient (Wildman–Crippen LogP) is 2.66. The van der Waals surface area contributed by atoms with Crippen LogP contribution in [0.25, 0.3) is 11.3 Å². The highest BCUT2D eigenvalue weighted by molar-refractivity contribution is 5.95. The molecule has 3 saturated carbocycles. The summed E-state index contributed by atoms with van der Waals surface area (Å²) in [6, 6.07) is 14.2. The van der Waals surface area contributed by atoms with Gasteiger partial charge in [-0.3, -0.25) is 14.5 Å². The van der Waals surface area contributed by atoms with E-state index in [0.717, 1.165) is 0 Å². The fourth-order valence-corrected chi connectivity index (χ4v) is 7.83. The molecular weight excluding hydrogens is 645 g/mol. The summed E-state index contributed by atoms with van der Waals surface area (Å²) in [5, 5.41) is 26.0. The molecule has 15 heteroatoms. The van der Waals surface area contributed by atoms with Crippen LogP contribution in [-0.4, -0.2) is 113 Å². The maximum Gasteiger partial charge on any atom is 0.573 e. The van der Waals surface area contributed by atoms with Crippen LogP contribution in [0.3, 0.4) is 0 Å². The highest BCUT2D eigenvalue weighted by atomic mass is 19.4. The number of amides is 2. The van der Waals surface area contributed by atoms with E-state index in [1.807, 2.05) is 11.0 Å². The first-order valence-electron chi connectivity index (χ1n) is 16.3. The number of carbonyl (C=O) groups excluding carboxylic acids is 2. The number of anilines is 2. The largest absolute Gasteiger partial charge is 0.573 e. The number of benzene rings is 2. The number of rotatable bonds is 12. The summed E-state index contributed by atoms with van der Waals surface area (Å²) in [6.07, 6.45) is -4.22. The minimum Gasteiger partial charge on any atom is -0.406 e. The molecule has 1 aliphatic heterocycles. The molecule has 1 aromatic heterocycles. The van der Waals surface area contributed by atoms with Crippen molar-refractivity contribution in [3.8, 4) is 17.0 Å². The third-order valence-electron chi connectivity index (χ3n) is 10.3. The van der Waals surface area contributed by atoms with Crippen LogP contribution in [0, 0.1) is 23.2 Å². The quantitative estimate of drug-likeness (QED) is 0.210.